The van der Waals surface area contributed by atoms with E-state index in [1.807, 2.05) is 24.3 Å². The molecule has 0 saturated carbocycles. The van der Waals surface area contributed by atoms with Crippen LogP contribution >= 0.6 is 11.6 Å². The van der Waals surface area contributed by atoms with Crippen LogP contribution in [0, 0.1) is 0 Å². The quantitative estimate of drug-likeness (QED) is 0.779. The highest BCUT2D eigenvalue weighted by atomic mass is 35.5. The third kappa shape index (κ3) is 5.42. The van der Waals surface area contributed by atoms with Crippen LogP contribution in [0.1, 0.15) is 15.9 Å². The summed E-state index contributed by atoms with van der Waals surface area (Å²) in [4.78, 5) is 18.9. The zero-order chi connectivity index (χ0) is 18.2. The molecule has 26 heavy (non-hydrogen) atoms. The summed E-state index contributed by atoms with van der Waals surface area (Å²) in [5.41, 5.74) is 1.57. The van der Waals surface area contributed by atoms with Crippen molar-refractivity contribution in [2.45, 2.75) is 6.54 Å². The Hall–Kier alpha value is -2.15. The number of benzene rings is 1. The zero-order valence-corrected chi connectivity index (χ0v) is 15.3. The van der Waals surface area contributed by atoms with Crippen molar-refractivity contribution in [1.82, 2.24) is 15.2 Å². The molecule has 1 aromatic carbocycles. The summed E-state index contributed by atoms with van der Waals surface area (Å²) in [6.45, 7) is 5.36. The normalized spacial score (nSPS) is 14.8. The second kappa shape index (κ2) is 9.52. The molecule has 1 aliphatic rings. The minimum atomic E-state index is -0.0959. The fourth-order valence-electron chi connectivity index (χ4n) is 2.75. The summed E-state index contributed by atoms with van der Waals surface area (Å²) in [5, 5.41) is 6.87. The average Bonchev–Trinajstić information content (AvgIpc) is 2.68. The number of amides is 1. The van der Waals surface area contributed by atoms with E-state index in [0.717, 1.165) is 38.4 Å². The number of hydrogen-bond acceptors (Lipinski definition) is 5. The molecule has 3 rings (SSSR count). The predicted molar refractivity (Wildman–Crippen MR) is 103 cm³/mol. The van der Waals surface area contributed by atoms with E-state index in [1.165, 1.54) is 0 Å². The number of hydrogen-bond donors (Lipinski definition) is 2. The van der Waals surface area contributed by atoms with Gasteiger partial charge < -0.3 is 15.4 Å². The van der Waals surface area contributed by atoms with Gasteiger partial charge in [0.25, 0.3) is 5.91 Å². The number of rotatable bonds is 7. The smallest absolute Gasteiger partial charge is 0.251 e. The fraction of sp³-hybridized carbons (Fsp3) is 0.368. The molecule has 1 saturated heterocycles. The number of pyridine rings is 1. The number of carbonyl (C=O) groups is 1. The highest BCUT2D eigenvalue weighted by Crippen LogP contribution is 2.16. The lowest BCUT2D eigenvalue weighted by molar-refractivity contribution is 0.0383. The molecular formula is C19H23ClN4O2. The zero-order valence-electron chi connectivity index (χ0n) is 14.6. The molecule has 1 fully saturated rings. The largest absolute Gasteiger partial charge is 0.379 e. The van der Waals surface area contributed by atoms with E-state index in [0.29, 0.717) is 29.5 Å². The van der Waals surface area contributed by atoms with Crippen LogP contribution in [0.2, 0.25) is 5.02 Å². The molecule has 0 bridgehead atoms. The van der Waals surface area contributed by atoms with Gasteiger partial charge in [0.2, 0.25) is 0 Å². The predicted octanol–water partition coefficient (Wildman–Crippen LogP) is 2.41. The van der Waals surface area contributed by atoms with Crippen LogP contribution in [0.15, 0.2) is 42.6 Å². The monoisotopic (exact) mass is 374 g/mol. The molecule has 138 valence electrons. The lowest BCUT2D eigenvalue weighted by atomic mass is 10.2. The SMILES string of the molecule is O=C(NCCN1CCOCC1)c1ccnc(NCc2ccccc2Cl)c1. The molecule has 1 amide bonds. The fourth-order valence-corrected chi connectivity index (χ4v) is 2.95. The van der Waals surface area contributed by atoms with E-state index in [2.05, 4.69) is 20.5 Å². The number of morpholine rings is 1. The molecule has 7 heteroatoms. The van der Waals surface area contributed by atoms with E-state index in [1.54, 1.807) is 18.3 Å². The van der Waals surface area contributed by atoms with E-state index >= 15 is 0 Å². The van der Waals surface area contributed by atoms with Crippen molar-refractivity contribution < 1.29 is 9.53 Å². The van der Waals surface area contributed by atoms with Gasteiger partial charge in [0, 0.05) is 49.5 Å². The standard InChI is InChI=1S/C19H23ClN4O2/c20-17-4-2-1-3-16(17)14-23-18-13-15(5-6-21-18)19(25)22-7-8-24-9-11-26-12-10-24/h1-6,13H,7-12,14H2,(H,21,23)(H,22,25). The van der Waals surface area contributed by atoms with Gasteiger partial charge in [0.15, 0.2) is 0 Å². The third-order valence-electron chi connectivity index (χ3n) is 4.26. The van der Waals surface area contributed by atoms with Crippen molar-refractivity contribution in [2.24, 2.45) is 0 Å². The number of nitrogens with zero attached hydrogens (tertiary/aromatic N) is 2. The van der Waals surface area contributed by atoms with Crippen LogP contribution < -0.4 is 10.6 Å². The number of ether oxygens (including phenoxy) is 1. The Labute approximate surface area is 158 Å². The first kappa shape index (κ1) is 18.6. The first-order valence-corrected chi connectivity index (χ1v) is 9.12. The lowest BCUT2D eigenvalue weighted by Crippen LogP contribution is -2.41. The van der Waals surface area contributed by atoms with Crippen molar-refractivity contribution in [3.05, 3.63) is 58.7 Å². The molecular weight excluding hydrogens is 352 g/mol. The Morgan fingerprint density at radius 2 is 2.04 bits per heavy atom. The highest BCUT2D eigenvalue weighted by molar-refractivity contribution is 6.31. The molecule has 2 aromatic rings. The summed E-state index contributed by atoms with van der Waals surface area (Å²) in [5.74, 6) is 0.548. The Balaban J connectivity index is 1.49. The Bertz CT molecular complexity index is 735. The van der Waals surface area contributed by atoms with Gasteiger partial charge in [-0.25, -0.2) is 4.98 Å². The van der Waals surface area contributed by atoms with Crippen molar-refractivity contribution in [1.29, 1.82) is 0 Å². The number of halogens is 1. The maximum absolute atomic E-state index is 12.3. The summed E-state index contributed by atoms with van der Waals surface area (Å²) < 4.78 is 5.32. The van der Waals surface area contributed by atoms with Gasteiger partial charge in [-0.15, -0.1) is 0 Å². The Morgan fingerprint density at radius 3 is 2.85 bits per heavy atom. The molecule has 0 spiro atoms. The van der Waals surface area contributed by atoms with Gasteiger partial charge >= 0.3 is 0 Å². The third-order valence-corrected chi connectivity index (χ3v) is 4.63. The summed E-state index contributed by atoms with van der Waals surface area (Å²) in [7, 11) is 0. The number of nitrogens with one attached hydrogen (secondary N) is 2. The minimum absolute atomic E-state index is 0.0959. The molecule has 6 nitrogen and oxygen atoms in total. The summed E-state index contributed by atoms with van der Waals surface area (Å²) in [6, 6.07) is 11.1. The van der Waals surface area contributed by atoms with Crippen molar-refractivity contribution >= 4 is 23.3 Å². The second-order valence-electron chi connectivity index (χ2n) is 6.08. The topological polar surface area (TPSA) is 66.5 Å². The second-order valence-corrected chi connectivity index (χ2v) is 6.49. The molecule has 0 radical (unpaired) electrons. The van der Waals surface area contributed by atoms with Crippen LogP contribution in [-0.4, -0.2) is 55.2 Å². The number of carbonyl (C=O) groups excluding carboxylic acids is 1. The van der Waals surface area contributed by atoms with Crippen LogP contribution in [0.25, 0.3) is 0 Å². The van der Waals surface area contributed by atoms with Crippen LogP contribution in [0.5, 0.6) is 0 Å². The van der Waals surface area contributed by atoms with Gasteiger partial charge in [-0.1, -0.05) is 29.8 Å². The number of aromatic nitrogens is 1. The maximum atomic E-state index is 12.3. The molecule has 2 heterocycles. The Morgan fingerprint density at radius 1 is 1.23 bits per heavy atom. The van der Waals surface area contributed by atoms with E-state index in [-0.39, 0.29) is 5.91 Å². The molecule has 0 aliphatic carbocycles. The van der Waals surface area contributed by atoms with Crippen molar-refractivity contribution in [2.75, 3.05) is 44.7 Å². The molecule has 0 atom stereocenters. The first-order chi connectivity index (χ1) is 12.7. The average molecular weight is 375 g/mol. The van der Waals surface area contributed by atoms with Crippen LogP contribution in [0.4, 0.5) is 5.82 Å². The summed E-state index contributed by atoms with van der Waals surface area (Å²) in [6.07, 6.45) is 1.63. The maximum Gasteiger partial charge on any atom is 0.251 e. The molecule has 0 unspecified atom stereocenters. The molecule has 1 aliphatic heterocycles. The van der Waals surface area contributed by atoms with Gasteiger partial charge in [0.05, 0.1) is 13.2 Å². The van der Waals surface area contributed by atoms with Gasteiger partial charge in [-0.3, -0.25) is 9.69 Å². The van der Waals surface area contributed by atoms with E-state index in [4.69, 9.17) is 16.3 Å². The molecule has 2 N–H and O–H groups in total. The van der Waals surface area contributed by atoms with Crippen molar-refractivity contribution in [3.63, 3.8) is 0 Å². The van der Waals surface area contributed by atoms with Gasteiger partial charge in [-0.2, -0.15) is 0 Å². The molecule has 1 aromatic heterocycles. The van der Waals surface area contributed by atoms with Gasteiger partial charge in [-0.05, 0) is 23.8 Å². The van der Waals surface area contributed by atoms with E-state index in [9.17, 15) is 4.79 Å². The number of anilines is 1. The minimum Gasteiger partial charge on any atom is -0.379 e. The lowest BCUT2D eigenvalue weighted by Gasteiger charge is -2.26. The van der Waals surface area contributed by atoms with E-state index < -0.39 is 0 Å². The Kier molecular flexibility index (Phi) is 6.82. The highest BCUT2D eigenvalue weighted by Gasteiger charge is 2.11. The first-order valence-electron chi connectivity index (χ1n) is 8.74. The van der Waals surface area contributed by atoms with Crippen LogP contribution in [0.3, 0.4) is 0 Å². The summed E-state index contributed by atoms with van der Waals surface area (Å²) >= 11 is 6.16. The van der Waals surface area contributed by atoms with Crippen molar-refractivity contribution in [3.8, 4) is 0 Å². The van der Waals surface area contributed by atoms with Crippen LogP contribution in [-0.2, 0) is 11.3 Å². The van der Waals surface area contributed by atoms with Gasteiger partial charge in [0.1, 0.15) is 5.82 Å².